The fourth-order valence-corrected chi connectivity index (χ4v) is 1.36. The topological polar surface area (TPSA) is 79.5 Å². The highest BCUT2D eigenvalue weighted by Gasteiger charge is 2.58. The van der Waals surface area contributed by atoms with Gasteiger partial charge in [-0.1, -0.05) is 6.92 Å². The first kappa shape index (κ1) is 15.1. The second-order valence-electron chi connectivity index (χ2n) is 3.99. The van der Waals surface area contributed by atoms with Gasteiger partial charge in [0.15, 0.2) is 0 Å². The zero-order valence-corrected chi connectivity index (χ0v) is 10.2. The Morgan fingerprint density at radius 2 is 2.00 bits per heavy atom. The Bertz CT molecular complexity index is 494. The molecule has 0 bridgehead atoms. The zero-order chi connectivity index (χ0) is 14.8. The molecule has 0 aliphatic carbocycles. The third-order valence-electron chi connectivity index (χ3n) is 2.67. The lowest BCUT2D eigenvalue weighted by molar-refractivity contribution is -0.203. The molecule has 1 aromatic rings. The maximum Gasteiger partial charge on any atom is 0.422 e. The monoisotopic (exact) mass is 279 g/mol. The fourth-order valence-electron chi connectivity index (χ4n) is 1.36. The smallest absolute Gasteiger partial charge is 0.422 e. The van der Waals surface area contributed by atoms with Gasteiger partial charge in [-0.3, -0.25) is 4.79 Å². The summed E-state index contributed by atoms with van der Waals surface area (Å²) in [5, 5.41) is 10.2. The van der Waals surface area contributed by atoms with Crippen LogP contribution in [0.4, 0.5) is 13.2 Å². The molecular weight excluding hydrogens is 267 g/mol. The van der Waals surface area contributed by atoms with Crippen molar-refractivity contribution in [1.29, 1.82) is 0 Å². The lowest BCUT2D eigenvalue weighted by atomic mass is 10.0. The summed E-state index contributed by atoms with van der Waals surface area (Å²) in [6.07, 6.45) is -3.67. The molecule has 1 unspecified atom stereocenters. The molecule has 1 heterocycles. The van der Waals surface area contributed by atoms with Crippen LogP contribution < -0.4 is 5.32 Å². The van der Waals surface area contributed by atoms with E-state index in [4.69, 9.17) is 9.52 Å². The van der Waals surface area contributed by atoms with E-state index in [-0.39, 0.29) is 11.3 Å². The second kappa shape index (κ2) is 4.94. The average molecular weight is 279 g/mol. The molecule has 0 aromatic carbocycles. The van der Waals surface area contributed by atoms with Crippen LogP contribution in [0.2, 0.25) is 0 Å². The maximum atomic E-state index is 12.7. The number of carbonyl (C=O) groups excluding carboxylic acids is 1. The van der Waals surface area contributed by atoms with Gasteiger partial charge >= 0.3 is 12.1 Å². The van der Waals surface area contributed by atoms with Gasteiger partial charge in [-0.05, 0) is 13.0 Å². The number of rotatable bonds is 4. The van der Waals surface area contributed by atoms with Crippen LogP contribution in [0, 0.1) is 0 Å². The van der Waals surface area contributed by atoms with Gasteiger partial charge in [-0.15, -0.1) is 0 Å². The van der Waals surface area contributed by atoms with E-state index in [2.05, 4.69) is 0 Å². The molecule has 1 aromatic heterocycles. The summed E-state index contributed by atoms with van der Waals surface area (Å²) < 4.78 is 43.1. The zero-order valence-electron chi connectivity index (χ0n) is 10.2. The molecule has 0 saturated carbocycles. The van der Waals surface area contributed by atoms with Gasteiger partial charge < -0.3 is 14.8 Å². The lowest BCUT2D eigenvalue weighted by Crippen LogP contribution is -2.61. The van der Waals surface area contributed by atoms with E-state index in [1.165, 1.54) is 11.4 Å². The summed E-state index contributed by atoms with van der Waals surface area (Å²) in [6, 6.07) is 1.19. The Balaban J connectivity index is 3.06. The summed E-state index contributed by atoms with van der Waals surface area (Å²) in [6.45, 7) is 2.04. The van der Waals surface area contributed by atoms with Gasteiger partial charge in [-0.2, -0.15) is 13.2 Å². The Hall–Kier alpha value is -1.99. The van der Waals surface area contributed by atoms with E-state index in [1.807, 2.05) is 0 Å². The molecule has 2 N–H and O–H groups in total. The molecular formula is C11H12F3NO4. The van der Waals surface area contributed by atoms with Crippen molar-refractivity contribution in [2.45, 2.75) is 32.0 Å². The second-order valence-corrected chi connectivity index (χ2v) is 3.99. The van der Waals surface area contributed by atoms with Gasteiger partial charge in [0.2, 0.25) is 5.54 Å². The van der Waals surface area contributed by atoms with Crippen LogP contribution in [0.5, 0.6) is 0 Å². The van der Waals surface area contributed by atoms with Crippen molar-refractivity contribution in [3.63, 3.8) is 0 Å². The van der Waals surface area contributed by atoms with E-state index in [9.17, 15) is 22.8 Å². The molecule has 0 aliphatic heterocycles. The minimum absolute atomic E-state index is 0.112. The molecule has 5 nitrogen and oxygen atoms in total. The van der Waals surface area contributed by atoms with Crippen LogP contribution in [0.25, 0.3) is 0 Å². The first-order chi connectivity index (χ1) is 8.63. The number of carboxylic acids is 1. The first-order valence-electron chi connectivity index (χ1n) is 5.32. The molecule has 0 aliphatic rings. The molecule has 0 saturated heterocycles. The number of alkyl halides is 3. The molecule has 1 rings (SSSR count). The van der Waals surface area contributed by atoms with Crippen molar-refractivity contribution in [2.24, 2.45) is 0 Å². The number of aliphatic carboxylic acids is 1. The van der Waals surface area contributed by atoms with Gasteiger partial charge in [-0.25, -0.2) is 4.79 Å². The normalized spacial score (nSPS) is 14.8. The lowest BCUT2D eigenvalue weighted by Gasteiger charge is -2.28. The van der Waals surface area contributed by atoms with Gasteiger partial charge in [0.05, 0.1) is 11.8 Å². The Kier molecular flexibility index (Phi) is 3.92. The van der Waals surface area contributed by atoms with Crippen LogP contribution in [-0.4, -0.2) is 28.7 Å². The highest BCUT2D eigenvalue weighted by molar-refractivity contribution is 5.98. The number of hydrogen-bond donors (Lipinski definition) is 2. The van der Waals surface area contributed by atoms with Crippen molar-refractivity contribution in [3.8, 4) is 0 Å². The van der Waals surface area contributed by atoms with E-state index in [1.54, 1.807) is 6.92 Å². The highest BCUT2D eigenvalue weighted by atomic mass is 19.4. The molecule has 0 radical (unpaired) electrons. The minimum atomic E-state index is -5.12. The van der Waals surface area contributed by atoms with Gasteiger partial charge in [0, 0.05) is 6.42 Å². The molecule has 8 heteroatoms. The largest absolute Gasteiger partial charge is 0.479 e. The Labute approximate surface area is 106 Å². The van der Waals surface area contributed by atoms with Crippen molar-refractivity contribution in [2.75, 3.05) is 0 Å². The van der Waals surface area contributed by atoms with Crippen LogP contribution in [0.15, 0.2) is 16.7 Å². The SMILES string of the molecule is CCc1occc1C(=O)NC(C)(C(=O)O)C(F)(F)F. The van der Waals surface area contributed by atoms with Crippen LogP contribution >= 0.6 is 0 Å². The Morgan fingerprint density at radius 3 is 2.42 bits per heavy atom. The standard InChI is InChI=1S/C11H12F3NO4/c1-3-7-6(4-5-19-7)8(16)15-10(2,9(17)18)11(12,13)14/h4-5H,3H2,1-2H3,(H,15,16)(H,17,18). The molecule has 0 fully saturated rings. The molecule has 1 atom stereocenters. The third-order valence-corrected chi connectivity index (χ3v) is 2.67. The quantitative estimate of drug-likeness (QED) is 0.883. The summed E-state index contributed by atoms with van der Waals surface area (Å²) in [4.78, 5) is 22.5. The van der Waals surface area contributed by atoms with Crippen LogP contribution in [0.1, 0.15) is 30.0 Å². The molecule has 19 heavy (non-hydrogen) atoms. The van der Waals surface area contributed by atoms with Gasteiger partial charge in [0.25, 0.3) is 5.91 Å². The van der Waals surface area contributed by atoms with E-state index < -0.39 is 23.6 Å². The average Bonchev–Trinajstić information content (AvgIpc) is 2.74. The minimum Gasteiger partial charge on any atom is -0.479 e. The number of nitrogens with one attached hydrogen (secondary N) is 1. The van der Waals surface area contributed by atoms with Crippen molar-refractivity contribution < 1.29 is 32.3 Å². The predicted molar refractivity (Wildman–Crippen MR) is 57.6 cm³/mol. The fraction of sp³-hybridized carbons (Fsp3) is 0.455. The molecule has 106 valence electrons. The molecule has 1 amide bonds. The van der Waals surface area contributed by atoms with Crippen molar-refractivity contribution in [1.82, 2.24) is 5.32 Å². The summed E-state index contributed by atoms with van der Waals surface area (Å²) in [5.41, 5.74) is -3.47. The Morgan fingerprint density at radius 1 is 1.42 bits per heavy atom. The first-order valence-corrected chi connectivity index (χ1v) is 5.32. The number of hydrogen-bond acceptors (Lipinski definition) is 3. The maximum absolute atomic E-state index is 12.7. The number of amides is 1. The van der Waals surface area contributed by atoms with Crippen LogP contribution in [0.3, 0.4) is 0 Å². The van der Waals surface area contributed by atoms with Crippen molar-refractivity contribution in [3.05, 3.63) is 23.7 Å². The molecule has 0 spiro atoms. The number of carbonyl (C=O) groups is 2. The van der Waals surface area contributed by atoms with E-state index >= 15 is 0 Å². The summed E-state index contributed by atoms with van der Waals surface area (Å²) in [5.74, 6) is -3.14. The predicted octanol–water partition coefficient (Wildman–Crippen LogP) is 1.98. The summed E-state index contributed by atoms with van der Waals surface area (Å²) >= 11 is 0. The number of furan rings is 1. The number of aryl methyl sites for hydroxylation is 1. The van der Waals surface area contributed by atoms with E-state index in [0.717, 1.165) is 6.26 Å². The summed E-state index contributed by atoms with van der Waals surface area (Å²) in [7, 11) is 0. The third kappa shape index (κ3) is 2.72. The van der Waals surface area contributed by atoms with Crippen LogP contribution in [-0.2, 0) is 11.2 Å². The van der Waals surface area contributed by atoms with Crippen molar-refractivity contribution >= 4 is 11.9 Å². The highest BCUT2D eigenvalue weighted by Crippen LogP contribution is 2.31. The number of carboxylic acid groups (broad SMARTS) is 1. The van der Waals surface area contributed by atoms with E-state index in [0.29, 0.717) is 13.3 Å². The van der Waals surface area contributed by atoms with Gasteiger partial charge in [0.1, 0.15) is 5.76 Å². The number of halogens is 3.